The van der Waals surface area contributed by atoms with Crippen LogP contribution in [0.5, 0.6) is 0 Å². The number of hydrogen-bond acceptors (Lipinski definition) is 5. The second-order valence-corrected chi connectivity index (χ2v) is 26.7. The van der Waals surface area contributed by atoms with Crippen molar-refractivity contribution in [3.63, 3.8) is 0 Å². The van der Waals surface area contributed by atoms with Crippen LogP contribution in [0.3, 0.4) is 0 Å². The molecule has 0 spiro atoms. The first-order valence-corrected chi connectivity index (χ1v) is 38.6. The summed E-state index contributed by atoms with van der Waals surface area (Å²) in [6.07, 6.45) is 94.0. The number of unbranched alkanes of at least 4 members (excludes halogenated alkanes) is 58. The topological polar surface area (TPSA) is 95.9 Å². The van der Waals surface area contributed by atoms with E-state index >= 15 is 0 Å². The zero-order chi connectivity index (χ0) is 60.6. The molecule has 6 nitrogen and oxygen atoms in total. The number of allylic oxidation sites excluding steroid dienone is 4. The van der Waals surface area contributed by atoms with E-state index < -0.39 is 12.1 Å². The highest BCUT2D eigenvalue weighted by Gasteiger charge is 2.20. The smallest absolute Gasteiger partial charge is 0.305 e. The first-order chi connectivity index (χ1) is 41.5. The Morgan fingerprint density at radius 3 is 0.905 bits per heavy atom. The maximum Gasteiger partial charge on any atom is 0.305 e. The van der Waals surface area contributed by atoms with Crippen LogP contribution in [0.15, 0.2) is 24.3 Å². The van der Waals surface area contributed by atoms with E-state index in [2.05, 4.69) is 43.5 Å². The minimum Gasteiger partial charge on any atom is -0.466 e. The Morgan fingerprint density at radius 1 is 0.333 bits per heavy atom. The van der Waals surface area contributed by atoms with Gasteiger partial charge in [0.2, 0.25) is 5.91 Å². The molecule has 0 saturated carbocycles. The lowest BCUT2D eigenvalue weighted by Gasteiger charge is -2.22. The second-order valence-electron chi connectivity index (χ2n) is 26.7. The lowest BCUT2D eigenvalue weighted by Crippen LogP contribution is -2.45. The largest absolute Gasteiger partial charge is 0.466 e. The van der Waals surface area contributed by atoms with E-state index in [0.29, 0.717) is 25.9 Å². The minimum absolute atomic E-state index is 0.0199. The van der Waals surface area contributed by atoms with Crippen LogP contribution in [-0.4, -0.2) is 47.4 Å². The monoisotopic (exact) mass is 1180 g/mol. The van der Waals surface area contributed by atoms with Crippen molar-refractivity contribution in [3.05, 3.63) is 24.3 Å². The molecule has 0 bridgehead atoms. The Balaban J connectivity index is 3.36. The third-order valence-corrected chi connectivity index (χ3v) is 18.3. The molecule has 2 atom stereocenters. The van der Waals surface area contributed by atoms with E-state index in [0.717, 1.165) is 44.9 Å². The molecule has 0 aliphatic carbocycles. The Morgan fingerprint density at radius 2 is 0.595 bits per heavy atom. The summed E-state index contributed by atoms with van der Waals surface area (Å²) in [4.78, 5) is 24.6. The van der Waals surface area contributed by atoms with E-state index in [1.54, 1.807) is 0 Å². The van der Waals surface area contributed by atoms with Gasteiger partial charge in [-0.1, -0.05) is 391 Å². The number of ether oxygens (including phenoxy) is 1. The van der Waals surface area contributed by atoms with Crippen molar-refractivity contribution in [2.45, 2.75) is 450 Å². The molecule has 498 valence electrons. The Bertz CT molecular complexity index is 1320. The van der Waals surface area contributed by atoms with Gasteiger partial charge < -0.3 is 20.3 Å². The molecule has 0 fully saturated rings. The normalized spacial score (nSPS) is 12.6. The van der Waals surface area contributed by atoms with Crippen molar-refractivity contribution < 1.29 is 24.5 Å². The molecule has 0 rings (SSSR count). The van der Waals surface area contributed by atoms with Crippen LogP contribution >= 0.6 is 0 Å². The highest BCUT2D eigenvalue weighted by atomic mass is 16.5. The molecule has 0 heterocycles. The predicted octanol–water partition coefficient (Wildman–Crippen LogP) is 25.3. The number of rotatable bonds is 73. The van der Waals surface area contributed by atoms with Crippen LogP contribution < -0.4 is 5.32 Å². The Kier molecular flexibility index (Phi) is 72.3. The highest BCUT2D eigenvalue weighted by Crippen LogP contribution is 2.20. The number of carbonyl (C=O) groups excluding carboxylic acids is 2. The average Bonchev–Trinajstić information content (AvgIpc) is 3.52. The highest BCUT2D eigenvalue weighted by molar-refractivity contribution is 5.76. The first kappa shape index (κ1) is 82.3. The van der Waals surface area contributed by atoms with Crippen molar-refractivity contribution in [1.29, 1.82) is 0 Å². The van der Waals surface area contributed by atoms with Gasteiger partial charge in [-0.3, -0.25) is 9.59 Å². The molecule has 84 heavy (non-hydrogen) atoms. The molecule has 1 amide bonds. The fraction of sp³-hybridized carbons (Fsp3) is 0.923. The standard InChI is InChI=1S/C78H151NO5/c1-3-5-7-9-11-13-15-17-19-20-40-43-46-50-54-58-62-66-70-76(81)75(74-80)79-77(82)71-67-63-59-55-51-47-44-41-38-36-34-32-30-28-26-24-22-21-23-25-27-29-31-33-35-37-39-42-45-49-53-57-61-65-69-73-84-78(83)72-68-64-60-56-52-48-18-16-14-12-10-8-6-4-2/h23,25,29,31,75-76,80-81H,3-22,24,26-28,30,32-74H2,1-2H3,(H,79,82)/b25-23-,31-29-. The predicted molar refractivity (Wildman–Crippen MR) is 370 cm³/mol. The number of hydrogen-bond donors (Lipinski definition) is 3. The number of aliphatic hydroxyl groups excluding tert-OH is 2. The summed E-state index contributed by atoms with van der Waals surface area (Å²) in [5, 5.41) is 23.4. The summed E-state index contributed by atoms with van der Waals surface area (Å²) in [5.74, 6) is -0.00829. The number of amides is 1. The number of nitrogens with one attached hydrogen (secondary N) is 1. The summed E-state index contributed by atoms with van der Waals surface area (Å²) in [6.45, 7) is 5.00. The SMILES string of the molecule is CCCCCCCCCCCCCCCCCCCCC(O)C(CO)NC(=O)CCCCCCCCCCCCCCCCCCC/C=C\C/C=C\CCCCCCCCCCCCCOC(=O)CCCCCCCCCCCCCCCC. The van der Waals surface area contributed by atoms with Crippen LogP contribution in [0, 0.1) is 0 Å². The van der Waals surface area contributed by atoms with Crippen molar-refractivity contribution in [2.24, 2.45) is 0 Å². The molecule has 0 aromatic carbocycles. The van der Waals surface area contributed by atoms with Crippen molar-refractivity contribution in [2.75, 3.05) is 13.2 Å². The third kappa shape index (κ3) is 69.4. The van der Waals surface area contributed by atoms with Gasteiger partial charge in [0, 0.05) is 12.8 Å². The molecule has 2 unspecified atom stereocenters. The van der Waals surface area contributed by atoms with Gasteiger partial charge in [-0.25, -0.2) is 0 Å². The van der Waals surface area contributed by atoms with Gasteiger partial charge in [0.05, 0.1) is 25.4 Å². The van der Waals surface area contributed by atoms with Crippen LogP contribution in [0.4, 0.5) is 0 Å². The summed E-state index contributed by atoms with van der Waals surface area (Å²) in [6, 6.07) is -0.540. The van der Waals surface area contributed by atoms with Crippen molar-refractivity contribution in [3.8, 4) is 0 Å². The molecule has 0 aliphatic rings. The minimum atomic E-state index is -0.663. The molecular weight excluding hydrogens is 1030 g/mol. The number of carbonyl (C=O) groups is 2. The van der Waals surface area contributed by atoms with E-state index in [1.165, 1.54) is 360 Å². The van der Waals surface area contributed by atoms with Gasteiger partial charge in [-0.05, 0) is 57.8 Å². The van der Waals surface area contributed by atoms with E-state index in [9.17, 15) is 19.8 Å². The molecule has 0 aromatic rings. The van der Waals surface area contributed by atoms with Gasteiger partial charge in [0.25, 0.3) is 0 Å². The molecule has 0 aromatic heterocycles. The molecule has 0 aliphatic heterocycles. The van der Waals surface area contributed by atoms with E-state index in [-0.39, 0.29) is 18.5 Å². The first-order valence-electron chi connectivity index (χ1n) is 38.6. The summed E-state index contributed by atoms with van der Waals surface area (Å²) in [5.41, 5.74) is 0. The molecule has 0 saturated heterocycles. The molecular formula is C78H151NO5. The Labute approximate surface area is 526 Å². The van der Waals surface area contributed by atoms with Crippen molar-refractivity contribution >= 4 is 11.9 Å². The third-order valence-electron chi connectivity index (χ3n) is 18.3. The van der Waals surface area contributed by atoms with Gasteiger partial charge in [0.15, 0.2) is 0 Å². The van der Waals surface area contributed by atoms with E-state index in [4.69, 9.17) is 4.74 Å². The molecule has 6 heteroatoms. The van der Waals surface area contributed by atoms with Gasteiger partial charge in [-0.2, -0.15) is 0 Å². The van der Waals surface area contributed by atoms with Crippen LogP contribution in [-0.2, 0) is 14.3 Å². The van der Waals surface area contributed by atoms with Gasteiger partial charge in [0.1, 0.15) is 0 Å². The second kappa shape index (κ2) is 73.8. The van der Waals surface area contributed by atoms with Crippen molar-refractivity contribution in [1.82, 2.24) is 5.32 Å². The zero-order valence-electron chi connectivity index (χ0n) is 57.2. The number of aliphatic hydroxyl groups is 2. The van der Waals surface area contributed by atoms with Crippen LogP contribution in [0.2, 0.25) is 0 Å². The summed E-state index contributed by atoms with van der Waals surface area (Å²) in [7, 11) is 0. The maximum atomic E-state index is 12.5. The van der Waals surface area contributed by atoms with Gasteiger partial charge in [-0.15, -0.1) is 0 Å². The molecule has 3 N–H and O–H groups in total. The van der Waals surface area contributed by atoms with Gasteiger partial charge >= 0.3 is 5.97 Å². The quantitative estimate of drug-likeness (QED) is 0.0320. The summed E-state index contributed by atoms with van der Waals surface area (Å²) < 4.78 is 5.50. The van der Waals surface area contributed by atoms with E-state index in [1.807, 2.05) is 0 Å². The lowest BCUT2D eigenvalue weighted by molar-refractivity contribution is -0.143. The Hall–Kier alpha value is -1.66. The fourth-order valence-electron chi connectivity index (χ4n) is 12.4. The lowest BCUT2D eigenvalue weighted by atomic mass is 10.0. The fourth-order valence-corrected chi connectivity index (χ4v) is 12.4. The zero-order valence-corrected chi connectivity index (χ0v) is 57.2. The summed E-state index contributed by atoms with van der Waals surface area (Å²) >= 11 is 0. The van der Waals surface area contributed by atoms with Crippen LogP contribution in [0.25, 0.3) is 0 Å². The number of esters is 1. The maximum absolute atomic E-state index is 12.5. The average molecular weight is 1180 g/mol. The van der Waals surface area contributed by atoms with Crippen LogP contribution in [0.1, 0.15) is 438 Å². The molecule has 0 radical (unpaired) electrons.